The Kier molecular flexibility index (Phi) is 3.78. The van der Waals surface area contributed by atoms with Crippen molar-refractivity contribution >= 4 is 40.2 Å². The van der Waals surface area contributed by atoms with E-state index in [9.17, 15) is 9.59 Å². The van der Waals surface area contributed by atoms with Gasteiger partial charge >= 0.3 is 0 Å². The van der Waals surface area contributed by atoms with E-state index in [0.717, 1.165) is 11.3 Å². The molecule has 0 unspecified atom stereocenters. The summed E-state index contributed by atoms with van der Waals surface area (Å²) in [6.07, 6.45) is 0. The molecular weight excluding hydrogens is 348 g/mol. The Labute approximate surface area is 155 Å². The zero-order valence-corrected chi connectivity index (χ0v) is 14.7. The van der Waals surface area contributed by atoms with Crippen molar-refractivity contribution in [2.45, 2.75) is 6.92 Å². The smallest absolute Gasteiger partial charge is 0.198 e. The summed E-state index contributed by atoms with van der Waals surface area (Å²) in [4.78, 5) is 25.8. The van der Waals surface area contributed by atoms with Crippen LogP contribution in [0.5, 0.6) is 0 Å². The predicted octanol–water partition coefficient (Wildman–Crippen LogP) is 4.75. The molecule has 3 aromatic rings. The van der Waals surface area contributed by atoms with Gasteiger partial charge in [0.15, 0.2) is 11.6 Å². The van der Waals surface area contributed by atoms with Crippen LogP contribution in [0.4, 0.5) is 17.1 Å². The summed E-state index contributed by atoms with van der Waals surface area (Å²) in [7, 11) is 0. The Morgan fingerprint density at radius 1 is 0.846 bits per heavy atom. The first-order valence-electron chi connectivity index (χ1n) is 8.11. The molecule has 0 radical (unpaired) electrons. The first-order valence-corrected chi connectivity index (χ1v) is 8.49. The molecule has 128 valence electrons. The highest BCUT2D eigenvalue weighted by Gasteiger charge is 2.33. The number of hydrogen-bond acceptors (Lipinski definition) is 4. The molecule has 0 fully saturated rings. The molecule has 0 saturated carbocycles. The fraction of sp³-hybridized carbons (Fsp3) is 0.0476. The third kappa shape index (κ3) is 2.47. The predicted molar refractivity (Wildman–Crippen MR) is 104 cm³/mol. The average Bonchev–Trinajstić information content (AvgIpc) is 2.63. The topological polar surface area (TPSA) is 72.2 Å². The van der Waals surface area contributed by atoms with Crippen LogP contribution in [0.3, 0.4) is 0 Å². The molecule has 0 bridgehead atoms. The number of aryl methyl sites for hydroxylation is 1. The summed E-state index contributed by atoms with van der Waals surface area (Å²) in [5, 5.41) is 3.45. The van der Waals surface area contributed by atoms with Crippen molar-refractivity contribution < 1.29 is 9.59 Å². The average molecular weight is 363 g/mol. The van der Waals surface area contributed by atoms with E-state index in [-0.39, 0.29) is 33.4 Å². The maximum absolute atomic E-state index is 13.0. The number of carbonyl (C=O) groups is 2. The second-order valence-corrected chi connectivity index (χ2v) is 6.67. The van der Waals surface area contributed by atoms with E-state index in [0.29, 0.717) is 16.8 Å². The first-order chi connectivity index (χ1) is 12.5. The van der Waals surface area contributed by atoms with Crippen LogP contribution < -0.4 is 11.1 Å². The molecule has 3 aromatic carbocycles. The fourth-order valence-electron chi connectivity index (χ4n) is 3.17. The lowest BCUT2D eigenvalue weighted by Crippen LogP contribution is -2.23. The Bertz CT molecular complexity index is 1070. The summed E-state index contributed by atoms with van der Waals surface area (Å²) in [6, 6.07) is 16.0. The van der Waals surface area contributed by atoms with Gasteiger partial charge in [-0.1, -0.05) is 41.4 Å². The molecule has 26 heavy (non-hydrogen) atoms. The van der Waals surface area contributed by atoms with Gasteiger partial charge in [0, 0.05) is 16.8 Å². The van der Waals surface area contributed by atoms with Gasteiger partial charge in [0.1, 0.15) is 0 Å². The monoisotopic (exact) mass is 362 g/mol. The van der Waals surface area contributed by atoms with Crippen LogP contribution in [0, 0.1) is 6.92 Å². The number of hydrogen-bond donors (Lipinski definition) is 2. The van der Waals surface area contributed by atoms with Crippen molar-refractivity contribution in [2.24, 2.45) is 0 Å². The Hall–Kier alpha value is -3.11. The quantitative estimate of drug-likeness (QED) is 0.505. The van der Waals surface area contributed by atoms with E-state index < -0.39 is 0 Å². The van der Waals surface area contributed by atoms with E-state index >= 15 is 0 Å². The number of ketones is 2. The lowest BCUT2D eigenvalue weighted by atomic mass is 9.83. The van der Waals surface area contributed by atoms with Crippen molar-refractivity contribution in [2.75, 3.05) is 11.1 Å². The largest absolute Gasteiger partial charge is 0.396 e. The molecule has 0 saturated heterocycles. The molecule has 5 heteroatoms. The van der Waals surface area contributed by atoms with Gasteiger partial charge in [-0.2, -0.15) is 0 Å². The Morgan fingerprint density at radius 3 is 2.27 bits per heavy atom. The van der Waals surface area contributed by atoms with Crippen molar-refractivity contribution in [3.8, 4) is 0 Å². The molecule has 0 heterocycles. The maximum Gasteiger partial charge on any atom is 0.198 e. The number of nitrogen functional groups attached to an aromatic ring is 1. The van der Waals surface area contributed by atoms with Gasteiger partial charge in [-0.25, -0.2) is 0 Å². The number of nitrogens with one attached hydrogen (secondary N) is 1. The zero-order valence-electron chi connectivity index (χ0n) is 14.0. The van der Waals surface area contributed by atoms with Gasteiger partial charge in [0.2, 0.25) is 0 Å². The number of rotatable bonds is 2. The van der Waals surface area contributed by atoms with Crippen LogP contribution in [0.2, 0.25) is 5.02 Å². The summed E-state index contributed by atoms with van der Waals surface area (Å²) >= 11 is 6.18. The number of fused-ring (bicyclic) bond motifs is 2. The third-order valence-corrected chi connectivity index (χ3v) is 4.85. The molecule has 1 aliphatic rings. The van der Waals surface area contributed by atoms with Gasteiger partial charge in [-0.3, -0.25) is 9.59 Å². The van der Waals surface area contributed by atoms with Crippen molar-refractivity contribution in [3.05, 3.63) is 87.4 Å². The minimum Gasteiger partial charge on any atom is -0.396 e. The van der Waals surface area contributed by atoms with Crippen molar-refractivity contribution in [1.29, 1.82) is 0 Å². The third-order valence-electron chi connectivity index (χ3n) is 4.53. The van der Waals surface area contributed by atoms with Crippen molar-refractivity contribution in [3.63, 3.8) is 0 Å². The van der Waals surface area contributed by atoms with Crippen molar-refractivity contribution in [1.82, 2.24) is 0 Å². The fourth-order valence-corrected chi connectivity index (χ4v) is 3.43. The summed E-state index contributed by atoms with van der Waals surface area (Å²) in [6.45, 7) is 2.00. The second-order valence-electron chi connectivity index (χ2n) is 6.26. The lowest BCUT2D eigenvalue weighted by molar-refractivity contribution is 0.0980. The molecular formula is C21H15ClN2O2. The van der Waals surface area contributed by atoms with Gasteiger partial charge in [-0.15, -0.1) is 0 Å². The number of carbonyl (C=O) groups excluding carboxylic acids is 2. The Balaban J connectivity index is 1.83. The molecule has 0 atom stereocenters. The van der Waals surface area contributed by atoms with E-state index in [1.165, 1.54) is 0 Å². The minimum atomic E-state index is -0.328. The number of anilines is 3. The number of halogens is 1. The maximum atomic E-state index is 13.0. The van der Waals surface area contributed by atoms with Crippen LogP contribution >= 0.6 is 11.6 Å². The zero-order chi connectivity index (χ0) is 18.4. The highest BCUT2D eigenvalue weighted by molar-refractivity contribution is 6.39. The molecule has 4 nitrogen and oxygen atoms in total. The Morgan fingerprint density at radius 2 is 1.54 bits per heavy atom. The molecule has 1 aliphatic carbocycles. The second kappa shape index (κ2) is 6.00. The molecule has 0 aromatic heterocycles. The molecule has 4 rings (SSSR count). The highest BCUT2D eigenvalue weighted by atomic mass is 35.5. The van der Waals surface area contributed by atoms with Crippen LogP contribution in [0.1, 0.15) is 37.4 Å². The van der Waals surface area contributed by atoms with Crippen LogP contribution in [0.25, 0.3) is 0 Å². The summed E-state index contributed by atoms with van der Waals surface area (Å²) < 4.78 is 0. The van der Waals surface area contributed by atoms with Crippen LogP contribution in [-0.2, 0) is 0 Å². The minimum absolute atomic E-state index is 0.202. The SMILES string of the molecule is Cc1ccc(Nc2ccc3c(c2N)C(=O)c2c(Cl)cccc2C3=O)cc1. The van der Waals surface area contributed by atoms with Gasteiger partial charge in [0.25, 0.3) is 0 Å². The van der Waals surface area contributed by atoms with Gasteiger partial charge < -0.3 is 11.1 Å². The normalized spacial score (nSPS) is 12.5. The number of benzene rings is 3. The van der Waals surface area contributed by atoms with E-state index in [4.69, 9.17) is 17.3 Å². The molecule has 0 aliphatic heterocycles. The molecule has 0 amide bonds. The van der Waals surface area contributed by atoms with E-state index in [1.807, 2.05) is 31.2 Å². The van der Waals surface area contributed by atoms with Gasteiger partial charge in [-0.05, 0) is 37.3 Å². The van der Waals surface area contributed by atoms with E-state index in [1.54, 1.807) is 30.3 Å². The standard InChI is InChI=1S/C21H15ClN2O2/c1-11-5-7-12(8-6-11)24-16-10-9-14-18(19(16)23)21(26)17-13(20(14)25)3-2-4-15(17)22/h2-10,24H,23H2,1H3. The first kappa shape index (κ1) is 16.4. The highest BCUT2D eigenvalue weighted by Crippen LogP contribution is 2.38. The van der Waals surface area contributed by atoms with Gasteiger partial charge in [0.05, 0.1) is 27.5 Å². The number of nitrogens with two attached hydrogens (primary N) is 1. The molecule has 0 spiro atoms. The summed E-state index contributed by atoms with van der Waals surface area (Å²) in [5.41, 5.74) is 10.1. The lowest BCUT2D eigenvalue weighted by Gasteiger charge is -2.21. The van der Waals surface area contributed by atoms with Crippen LogP contribution in [0.15, 0.2) is 54.6 Å². The van der Waals surface area contributed by atoms with Crippen LogP contribution in [-0.4, -0.2) is 11.6 Å². The summed E-state index contributed by atoms with van der Waals surface area (Å²) in [5.74, 6) is -0.573. The molecule has 3 N–H and O–H groups in total. The van der Waals surface area contributed by atoms with E-state index in [2.05, 4.69) is 5.32 Å².